The van der Waals surface area contributed by atoms with Crippen molar-refractivity contribution in [3.05, 3.63) is 29.3 Å². The van der Waals surface area contributed by atoms with Crippen LogP contribution in [0.15, 0.2) is 23.6 Å². The van der Waals surface area contributed by atoms with Crippen LogP contribution in [-0.4, -0.2) is 21.0 Å². The first kappa shape index (κ1) is 9.60. The van der Waals surface area contributed by atoms with Crippen molar-refractivity contribution in [3.8, 4) is 11.4 Å². The molecule has 0 unspecified atom stereocenters. The van der Waals surface area contributed by atoms with Gasteiger partial charge in [-0.15, -0.1) is 11.3 Å². The van der Waals surface area contributed by atoms with Crippen LogP contribution < -0.4 is 5.73 Å². The van der Waals surface area contributed by atoms with E-state index in [9.17, 15) is 4.79 Å². The Hall–Kier alpha value is -1.95. The van der Waals surface area contributed by atoms with Gasteiger partial charge in [-0.25, -0.2) is 14.8 Å². The molecule has 0 atom stereocenters. The van der Waals surface area contributed by atoms with Crippen molar-refractivity contribution in [1.29, 1.82) is 0 Å². The summed E-state index contributed by atoms with van der Waals surface area (Å²) in [7, 11) is 0. The molecule has 2 heterocycles. The molecule has 0 spiro atoms. The summed E-state index contributed by atoms with van der Waals surface area (Å²) in [4.78, 5) is 18.7. The van der Waals surface area contributed by atoms with E-state index in [0.717, 1.165) is 0 Å². The number of hydrogen-bond acceptors (Lipinski definition) is 5. The fourth-order valence-electron chi connectivity index (χ4n) is 1.10. The lowest BCUT2D eigenvalue weighted by molar-refractivity contribution is 0.0690. The third kappa shape index (κ3) is 1.94. The van der Waals surface area contributed by atoms with E-state index >= 15 is 0 Å². The van der Waals surface area contributed by atoms with Gasteiger partial charge in [0.15, 0.2) is 5.13 Å². The van der Waals surface area contributed by atoms with Gasteiger partial charge >= 0.3 is 5.97 Å². The number of anilines is 1. The average Bonchev–Trinajstić information content (AvgIpc) is 2.65. The Kier molecular flexibility index (Phi) is 2.34. The Morgan fingerprint density at radius 2 is 2.13 bits per heavy atom. The smallest absolute Gasteiger partial charge is 0.354 e. The summed E-state index contributed by atoms with van der Waals surface area (Å²) in [6.45, 7) is 0. The number of nitrogens with two attached hydrogens (primary N) is 1. The molecule has 15 heavy (non-hydrogen) atoms. The number of pyridine rings is 1. The lowest BCUT2D eigenvalue weighted by Crippen LogP contribution is -2.00. The van der Waals surface area contributed by atoms with Gasteiger partial charge < -0.3 is 10.8 Å². The molecule has 0 fully saturated rings. The van der Waals surface area contributed by atoms with Crippen LogP contribution in [0.1, 0.15) is 10.5 Å². The maximum Gasteiger partial charge on any atom is 0.354 e. The van der Waals surface area contributed by atoms with Crippen molar-refractivity contribution in [3.63, 3.8) is 0 Å². The van der Waals surface area contributed by atoms with E-state index in [2.05, 4.69) is 9.97 Å². The number of thiazole rings is 1. The highest BCUT2D eigenvalue weighted by atomic mass is 32.1. The molecular weight excluding hydrogens is 214 g/mol. The van der Waals surface area contributed by atoms with E-state index < -0.39 is 5.97 Å². The van der Waals surface area contributed by atoms with Crippen LogP contribution in [0.4, 0.5) is 5.13 Å². The molecule has 0 radical (unpaired) electrons. The largest absolute Gasteiger partial charge is 0.477 e. The van der Waals surface area contributed by atoms with Gasteiger partial charge in [-0.3, -0.25) is 0 Å². The number of nitrogen functional groups attached to an aromatic ring is 1. The molecule has 0 aliphatic rings. The van der Waals surface area contributed by atoms with Gasteiger partial charge in [-0.05, 0) is 12.1 Å². The summed E-state index contributed by atoms with van der Waals surface area (Å²) in [6, 6.07) is 4.75. The van der Waals surface area contributed by atoms with Crippen molar-refractivity contribution in [2.45, 2.75) is 0 Å². The van der Waals surface area contributed by atoms with E-state index in [-0.39, 0.29) is 5.69 Å². The third-order valence-electron chi connectivity index (χ3n) is 1.75. The number of carboxylic acids is 1. The average molecular weight is 221 g/mol. The second kappa shape index (κ2) is 3.66. The summed E-state index contributed by atoms with van der Waals surface area (Å²) in [5.74, 6) is -1.06. The zero-order valence-electron chi connectivity index (χ0n) is 7.54. The number of aromatic nitrogens is 2. The molecule has 2 aromatic heterocycles. The minimum absolute atomic E-state index is 0.000860. The van der Waals surface area contributed by atoms with Crippen LogP contribution in [0.5, 0.6) is 0 Å². The monoisotopic (exact) mass is 221 g/mol. The highest BCUT2D eigenvalue weighted by Gasteiger charge is 2.08. The van der Waals surface area contributed by atoms with Crippen LogP contribution in [0, 0.1) is 0 Å². The Balaban J connectivity index is 2.45. The van der Waals surface area contributed by atoms with Gasteiger partial charge in [0.25, 0.3) is 0 Å². The van der Waals surface area contributed by atoms with Gasteiger partial charge in [-0.2, -0.15) is 0 Å². The molecule has 0 aliphatic heterocycles. The normalized spacial score (nSPS) is 10.1. The molecule has 0 amide bonds. The number of nitrogens with zero attached hydrogens (tertiary/aromatic N) is 2. The van der Waals surface area contributed by atoms with Crippen molar-refractivity contribution < 1.29 is 9.90 Å². The summed E-state index contributed by atoms with van der Waals surface area (Å²) >= 11 is 1.29. The quantitative estimate of drug-likeness (QED) is 0.801. The third-order valence-corrected chi connectivity index (χ3v) is 2.43. The standard InChI is InChI=1S/C9H7N3O2S/c10-9-12-7(4-15-9)5-2-1-3-6(11-5)8(13)14/h1-4H,(H2,10,12)(H,13,14). The topological polar surface area (TPSA) is 89.1 Å². The number of hydrogen-bond donors (Lipinski definition) is 2. The second-order valence-corrected chi connectivity index (χ2v) is 3.67. The van der Waals surface area contributed by atoms with Gasteiger partial charge in [0.05, 0.1) is 5.69 Å². The predicted molar refractivity (Wildman–Crippen MR) is 56.7 cm³/mol. The van der Waals surface area contributed by atoms with Crippen molar-refractivity contribution in [2.24, 2.45) is 0 Å². The Morgan fingerprint density at radius 1 is 1.33 bits per heavy atom. The molecule has 0 aliphatic carbocycles. The molecule has 76 valence electrons. The highest BCUT2D eigenvalue weighted by Crippen LogP contribution is 2.21. The fourth-order valence-corrected chi connectivity index (χ4v) is 1.66. The lowest BCUT2D eigenvalue weighted by atomic mass is 10.2. The second-order valence-electron chi connectivity index (χ2n) is 2.78. The zero-order chi connectivity index (χ0) is 10.8. The number of rotatable bonds is 2. The van der Waals surface area contributed by atoms with E-state index in [1.165, 1.54) is 17.4 Å². The summed E-state index contributed by atoms with van der Waals surface area (Å²) in [5, 5.41) is 10.9. The van der Waals surface area contributed by atoms with Gasteiger partial charge in [0, 0.05) is 5.38 Å². The SMILES string of the molecule is Nc1nc(-c2cccc(C(=O)O)n2)cs1. The molecule has 0 bridgehead atoms. The van der Waals surface area contributed by atoms with Crippen LogP contribution in [0.25, 0.3) is 11.4 Å². The van der Waals surface area contributed by atoms with Gasteiger partial charge in [-0.1, -0.05) is 6.07 Å². The molecule has 5 nitrogen and oxygen atoms in total. The molecular formula is C9H7N3O2S. The van der Waals surface area contributed by atoms with E-state index in [4.69, 9.17) is 10.8 Å². The van der Waals surface area contributed by atoms with E-state index in [0.29, 0.717) is 16.5 Å². The van der Waals surface area contributed by atoms with E-state index in [1.807, 2.05) is 0 Å². The predicted octanol–water partition coefficient (Wildman–Crippen LogP) is 1.49. The summed E-state index contributed by atoms with van der Waals surface area (Å²) in [5.41, 5.74) is 6.59. The lowest BCUT2D eigenvalue weighted by Gasteiger charge is -1.97. The maximum absolute atomic E-state index is 10.7. The van der Waals surface area contributed by atoms with Crippen molar-refractivity contribution in [2.75, 3.05) is 5.73 Å². The van der Waals surface area contributed by atoms with Crippen LogP contribution in [-0.2, 0) is 0 Å². The van der Waals surface area contributed by atoms with Gasteiger partial charge in [0.1, 0.15) is 11.4 Å². The van der Waals surface area contributed by atoms with Crippen LogP contribution in [0.3, 0.4) is 0 Å². The number of carboxylic acid groups (broad SMARTS) is 1. The van der Waals surface area contributed by atoms with Gasteiger partial charge in [0.2, 0.25) is 0 Å². The Morgan fingerprint density at radius 3 is 2.73 bits per heavy atom. The minimum Gasteiger partial charge on any atom is -0.477 e. The first-order valence-electron chi connectivity index (χ1n) is 4.08. The van der Waals surface area contributed by atoms with E-state index in [1.54, 1.807) is 17.5 Å². The summed E-state index contributed by atoms with van der Waals surface area (Å²) in [6.07, 6.45) is 0. The maximum atomic E-state index is 10.7. The van der Waals surface area contributed by atoms with Crippen LogP contribution >= 0.6 is 11.3 Å². The first-order chi connectivity index (χ1) is 7.16. The molecule has 0 saturated heterocycles. The number of aromatic carboxylic acids is 1. The fraction of sp³-hybridized carbons (Fsp3) is 0. The first-order valence-corrected chi connectivity index (χ1v) is 4.96. The zero-order valence-corrected chi connectivity index (χ0v) is 8.36. The molecule has 2 rings (SSSR count). The minimum atomic E-state index is -1.06. The molecule has 2 aromatic rings. The highest BCUT2D eigenvalue weighted by molar-refractivity contribution is 7.13. The van der Waals surface area contributed by atoms with Crippen LogP contribution in [0.2, 0.25) is 0 Å². The Bertz CT molecular complexity index is 510. The number of carbonyl (C=O) groups is 1. The molecule has 0 aromatic carbocycles. The molecule has 0 saturated carbocycles. The summed E-state index contributed by atoms with van der Waals surface area (Å²) < 4.78 is 0. The molecule has 3 N–H and O–H groups in total. The van der Waals surface area contributed by atoms with Crippen molar-refractivity contribution in [1.82, 2.24) is 9.97 Å². The van der Waals surface area contributed by atoms with Crippen molar-refractivity contribution >= 4 is 22.4 Å². The Labute approximate surface area is 89.2 Å². The molecule has 6 heteroatoms.